The van der Waals surface area contributed by atoms with E-state index in [9.17, 15) is 14.9 Å². The molecule has 1 heterocycles. The number of nitro groups is 1. The van der Waals surface area contributed by atoms with Crippen LogP contribution in [0, 0.1) is 10.1 Å². The Hall–Kier alpha value is -2.11. The van der Waals surface area contributed by atoms with Gasteiger partial charge in [0.2, 0.25) is 5.91 Å². The molecule has 0 aromatic heterocycles. The summed E-state index contributed by atoms with van der Waals surface area (Å²) in [6.45, 7) is 4.03. The number of piperazine rings is 1. The van der Waals surface area contributed by atoms with Gasteiger partial charge in [-0.3, -0.25) is 14.9 Å². The monoisotopic (exact) mass is 249 g/mol. The lowest BCUT2D eigenvalue weighted by molar-refractivity contribution is -0.384. The van der Waals surface area contributed by atoms with Crippen LogP contribution in [0.4, 0.5) is 11.4 Å². The minimum Gasteiger partial charge on any atom is -0.362 e. The van der Waals surface area contributed by atoms with Crippen LogP contribution in [0.25, 0.3) is 0 Å². The second-order valence-electron chi connectivity index (χ2n) is 4.24. The number of nitrogens with zero attached hydrogens (tertiary/aromatic N) is 3. The molecule has 0 unspecified atom stereocenters. The lowest BCUT2D eigenvalue weighted by Crippen LogP contribution is -2.48. The van der Waals surface area contributed by atoms with Crippen molar-refractivity contribution < 1.29 is 9.72 Å². The lowest BCUT2D eigenvalue weighted by atomic mass is 10.2. The normalized spacial score (nSPS) is 15.6. The molecule has 1 aliphatic heterocycles. The van der Waals surface area contributed by atoms with Crippen LogP contribution in [-0.4, -0.2) is 41.9 Å². The summed E-state index contributed by atoms with van der Waals surface area (Å²) >= 11 is 0. The van der Waals surface area contributed by atoms with Gasteiger partial charge in [-0.1, -0.05) is 12.1 Å². The largest absolute Gasteiger partial charge is 0.362 e. The molecule has 96 valence electrons. The number of para-hydroxylation sites is 2. The van der Waals surface area contributed by atoms with Gasteiger partial charge in [0.15, 0.2) is 0 Å². The van der Waals surface area contributed by atoms with Crippen LogP contribution >= 0.6 is 0 Å². The highest BCUT2D eigenvalue weighted by molar-refractivity contribution is 5.74. The molecule has 0 saturated carbocycles. The molecule has 0 atom stereocenters. The molecule has 1 aliphatic rings. The Morgan fingerprint density at radius 2 is 1.83 bits per heavy atom. The number of hydrogen-bond donors (Lipinski definition) is 0. The van der Waals surface area contributed by atoms with E-state index in [1.54, 1.807) is 30.0 Å². The van der Waals surface area contributed by atoms with Gasteiger partial charge in [-0.05, 0) is 6.07 Å². The highest BCUT2D eigenvalue weighted by atomic mass is 16.6. The van der Waals surface area contributed by atoms with Crippen molar-refractivity contribution in [2.24, 2.45) is 0 Å². The molecule has 0 N–H and O–H groups in total. The maximum Gasteiger partial charge on any atom is 0.292 e. The summed E-state index contributed by atoms with van der Waals surface area (Å²) in [5, 5.41) is 11.0. The average molecular weight is 249 g/mol. The van der Waals surface area contributed by atoms with E-state index in [1.165, 1.54) is 6.07 Å². The number of hydrogen-bond acceptors (Lipinski definition) is 4. The summed E-state index contributed by atoms with van der Waals surface area (Å²) in [7, 11) is 0. The summed E-state index contributed by atoms with van der Waals surface area (Å²) in [6, 6.07) is 6.71. The molecule has 1 saturated heterocycles. The molecule has 0 bridgehead atoms. The first-order valence-corrected chi connectivity index (χ1v) is 5.83. The summed E-state index contributed by atoms with van der Waals surface area (Å²) in [4.78, 5) is 25.5. The predicted octanol–water partition coefficient (Wildman–Crippen LogP) is 1.26. The van der Waals surface area contributed by atoms with Gasteiger partial charge in [-0.15, -0.1) is 0 Å². The third-order valence-corrected chi connectivity index (χ3v) is 3.14. The van der Waals surface area contributed by atoms with Gasteiger partial charge in [-0.2, -0.15) is 0 Å². The minimum absolute atomic E-state index is 0.0530. The molecule has 6 nitrogen and oxygen atoms in total. The zero-order valence-corrected chi connectivity index (χ0v) is 10.2. The Labute approximate surface area is 105 Å². The molecule has 1 fully saturated rings. The summed E-state index contributed by atoms with van der Waals surface area (Å²) in [5.74, 6) is 0.0530. The minimum atomic E-state index is -0.368. The van der Waals surface area contributed by atoms with E-state index < -0.39 is 0 Å². The second kappa shape index (κ2) is 5.03. The van der Waals surface area contributed by atoms with Crippen molar-refractivity contribution in [1.82, 2.24) is 4.90 Å². The summed E-state index contributed by atoms with van der Waals surface area (Å²) in [6.07, 6.45) is 0. The fourth-order valence-electron chi connectivity index (χ4n) is 2.15. The number of nitro benzene ring substituents is 1. The number of benzene rings is 1. The van der Waals surface area contributed by atoms with Crippen molar-refractivity contribution in [3.8, 4) is 0 Å². The molecule has 18 heavy (non-hydrogen) atoms. The first-order chi connectivity index (χ1) is 8.59. The van der Waals surface area contributed by atoms with E-state index in [1.807, 2.05) is 4.90 Å². The van der Waals surface area contributed by atoms with Crippen molar-refractivity contribution in [2.45, 2.75) is 6.92 Å². The van der Waals surface area contributed by atoms with Gasteiger partial charge in [0.25, 0.3) is 5.69 Å². The molecule has 0 radical (unpaired) electrons. The molecular weight excluding hydrogens is 234 g/mol. The Morgan fingerprint density at radius 1 is 1.22 bits per heavy atom. The predicted molar refractivity (Wildman–Crippen MR) is 67.6 cm³/mol. The number of carbonyl (C=O) groups is 1. The number of amides is 1. The van der Waals surface area contributed by atoms with Crippen LogP contribution in [0.2, 0.25) is 0 Å². The quantitative estimate of drug-likeness (QED) is 0.584. The maximum absolute atomic E-state index is 11.2. The first kappa shape index (κ1) is 12.3. The Bertz CT molecular complexity index is 467. The van der Waals surface area contributed by atoms with Gasteiger partial charge >= 0.3 is 0 Å². The van der Waals surface area contributed by atoms with Crippen LogP contribution in [0.3, 0.4) is 0 Å². The van der Waals surface area contributed by atoms with E-state index in [0.717, 1.165) is 0 Å². The molecule has 1 aromatic carbocycles. The molecule has 1 amide bonds. The fourth-order valence-corrected chi connectivity index (χ4v) is 2.15. The number of carbonyl (C=O) groups excluding carboxylic acids is 1. The van der Waals surface area contributed by atoms with E-state index in [0.29, 0.717) is 31.9 Å². The van der Waals surface area contributed by atoms with E-state index >= 15 is 0 Å². The van der Waals surface area contributed by atoms with Crippen LogP contribution < -0.4 is 4.90 Å². The van der Waals surface area contributed by atoms with Gasteiger partial charge in [-0.25, -0.2) is 0 Å². The highest BCUT2D eigenvalue weighted by Crippen LogP contribution is 2.28. The third kappa shape index (κ3) is 2.42. The molecule has 1 aromatic rings. The summed E-state index contributed by atoms with van der Waals surface area (Å²) < 4.78 is 0. The smallest absolute Gasteiger partial charge is 0.292 e. The number of rotatable bonds is 2. The van der Waals surface area contributed by atoms with Crippen LogP contribution in [0.15, 0.2) is 24.3 Å². The lowest BCUT2D eigenvalue weighted by Gasteiger charge is -2.35. The first-order valence-electron chi connectivity index (χ1n) is 5.83. The number of anilines is 1. The van der Waals surface area contributed by atoms with Gasteiger partial charge in [0.05, 0.1) is 4.92 Å². The van der Waals surface area contributed by atoms with Crippen molar-refractivity contribution in [3.05, 3.63) is 34.4 Å². The van der Waals surface area contributed by atoms with Crippen molar-refractivity contribution in [2.75, 3.05) is 31.1 Å². The topological polar surface area (TPSA) is 66.7 Å². The van der Waals surface area contributed by atoms with Crippen LogP contribution in [0.1, 0.15) is 6.92 Å². The zero-order chi connectivity index (χ0) is 13.1. The van der Waals surface area contributed by atoms with Gasteiger partial charge in [0.1, 0.15) is 5.69 Å². The second-order valence-corrected chi connectivity index (χ2v) is 4.24. The summed E-state index contributed by atoms with van der Waals surface area (Å²) in [5.41, 5.74) is 0.750. The standard InChI is InChI=1S/C12H15N3O3/c1-10(16)13-6-8-14(9-7-13)11-4-2-3-5-12(11)15(17)18/h2-5H,6-9H2,1H3. The maximum atomic E-state index is 11.2. The van der Waals surface area contributed by atoms with Crippen molar-refractivity contribution in [3.63, 3.8) is 0 Å². The molecule has 2 rings (SSSR count). The van der Waals surface area contributed by atoms with Crippen molar-refractivity contribution in [1.29, 1.82) is 0 Å². The van der Waals surface area contributed by atoms with E-state index in [2.05, 4.69) is 0 Å². The Balaban J connectivity index is 2.15. The van der Waals surface area contributed by atoms with Crippen LogP contribution in [0.5, 0.6) is 0 Å². The molecule has 0 aliphatic carbocycles. The van der Waals surface area contributed by atoms with Gasteiger partial charge in [0, 0.05) is 39.2 Å². The zero-order valence-electron chi connectivity index (χ0n) is 10.2. The van der Waals surface area contributed by atoms with Crippen molar-refractivity contribution >= 4 is 17.3 Å². The Morgan fingerprint density at radius 3 is 2.39 bits per heavy atom. The molecule has 6 heteroatoms. The fraction of sp³-hybridized carbons (Fsp3) is 0.417. The molecule has 0 spiro atoms. The average Bonchev–Trinajstić information content (AvgIpc) is 2.39. The third-order valence-electron chi connectivity index (χ3n) is 3.14. The van der Waals surface area contributed by atoms with Gasteiger partial charge < -0.3 is 9.80 Å². The Kier molecular flexibility index (Phi) is 3.45. The van der Waals surface area contributed by atoms with E-state index in [-0.39, 0.29) is 16.5 Å². The van der Waals surface area contributed by atoms with Crippen LogP contribution in [-0.2, 0) is 4.79 Å². The SMILES string of the molecule is CC(=O)N1CCN(c2ccccc2[N+](=O)[O-])CC1. The molecular formula is C12H15N3O3. The van der Waals surface area contributed by atoms with E-state index in [4.69, 9.17) is 0 Å². The highest BCUT2D eigenvalue weighted by Gasteiger charge is 2.23.